The number of nitrogens with zero attached hydrogens (tertiary/aromatic N) is 1. The molecule has 0 aliphatic carbocycles. The molecule has 2 nitrogen and oxygen atoms in total. The third kappa shape index (κ3) is 1.80. The molecule has 58 valence electrons. The van der Waals surface area contributed by atoms with Crippen LogP contribution >= 0.6 is 0 Å². The average molecular weight is 148 g/mol. The summed E-state index contributed by atoms with van der Waals surface area (Å²) in [5.41, 5.74) is 8.46. The van der Waals surface area contributed by atoms with Crippen molar-refractivity contribution in [3.8, 4) is 0 Å². The van der Waals surface area contributed by atoms with Gasteiger partial charge in [0.15, 0.2) is 0 Å². The molecule has 0 radical (unpaired) electrons. The molecular weight excluding hydrogens is 136 g/mol. The largest absolute Gasteiger partial charge is 0.399 e. The molecule has 0 aliphatic heterocycles. The van der Waals surface area contributed by atoms with E-state index in [4.69, 9.17) is 5.73 Å². The van der Waals surface area contributed by atoms with Crippen LogP contribution in [0.1, 0.15) is 12.5 Å². The minimum Gasteiger partial charge on any atom is -0.399 e. The van der Waals surface area contributed by atoms with E-state index in [1.165, 1.54) is 0 Å². The molecule has 0 saturated carbocycles. The van der Waals surface area contributed by atoms with Crippen molar-refractivity contribution in [1.82, 2.24) is 0 Å². The van der Waals surface area contributed by atoms with E-state index in [-0.39, 0.29) is 0 Å². The maximum absolute atomic E-state index is 5.57. The summed E-state index contributed by atoms with van der Waals surface area (Å²) in [6, 6.07) is 5.70. The van der Waals surface area contributed by atoms with Gasteiger partial charge in [0.2, 0.25) is 0 Å². The predicted octanol–water partition coefficient (Wildman–Crippen LogP) is 2.30. The summed E-state index contributed by atoms with van der Waals surface area (Å²) in [6.07, 6.45) is 1.78. The molecule has 1 aromatic carbocycles. The van der Waals surface area contributed by atoms with E-state index in [9.17, 15) is 0 Å². The lowest BCUT2D eigenvalue weighted by atomic mass is 10.2. The first kappa shape index (κ1) is 7.79. The summed E-state index contributed by atoms with van der Waals surface area (Å²) >= 11 is 0. The van der Waals surface area contributed by atoms with Crippen LogP contribution in [-0.4, -0.2) is 6.21 Å². The van der Waals surface area contributed by atoms with Crippen LogP contribution in [-0.2, 0) is 0 Å². The minimum absolute atomic E-state index is 0.789. The van der Waals surface area contributed by atoms with Gasteiger partial charge in [-0.05, 0) is 37.6 Å². The van der Waals surface area contributed by atoms with Gasteiger partial charge in [-0.3, -0.25) is 4.99 Å². The van der Waals surface area contributed by atoms with Gasteiger partial charge in [-0.2, -0.15) is 0 Å². The van der Waals surface area contributed by atoms with Crippen molar-refractivity contribution in [2.75, 3.05) is 5.73 Å². The standard InChI is InChI=1S/C9H12N2/c1-3-11-9-5-4-8(10)6-7(9)2/h3-6H,10H2,1-2H3. The Hall–Kier alpha value is -1.31. The van der Waals surface area contributed by atoms with Gasteiger partial charge >= 0.3 is 0 Å². The van der Waals surface area contributed by atoms with E-state index in [1.807, 2.05) is 32.0 Å². The topological polar surface area (TPSA) is 38.4 Å². The van der Waals surface area contributed by atoms with Crippen molar-refractivity contribution >= 4 is 17.6 Å². The molecule has 0 aromatic heterocycles. The maximum Gasteiger partial charge on any atom is 0.0656 e. The summed E-state index contributed by atoms with van der Waals surface area (Å²) in [4.78, 5) is 4.17. The highest BCUT2D eigenvalue weighted by Crippen LogP contribution is 2.19. The molecular formula is C9H12N2. The average Bonchev–Trinajstić information content (AvgIpc) is 1.95. The maximum atomic E-state index is 5.57. The van der Waals surface area contributed by atoms with E-state index in [0.29, 0.717) is 0 Å². The molecule has 0 spiro atoms. The molecule has 0 heterocycles. The van der Waals surface area contributed by atoms with Crippen LogP contribution in [0.5, 0.6) is 0 Å². The minimum atomic E-state index is 0.789. The van der Waals surface area contributed by atoms with Gasteiger partial charge in [0.1, 0.15) is 0 Å². The van der Waals surface area contributed by atoms with Gasteiger partial charge in [0.25, 0.3) is 0 Å². The van der Waals surface area contributed by atoms with Crippen LogP contribution in [0.4, 0.5) is 11.4 Å². The van der Waals surface area contributed by atoms with E-state index >= 15 is 0 Å². The number of nitrogens with two attached hydrogens (primary N) is 1. The summed E-state index contributed by atoms with van der Waals surface area (Å²) in [6.45, 7) is 3.90. The lowest BCUT2D eigenvalue weighted by Gasteiger charge is -1.99. The van der Waals surface area contributed by atoms with Gasteiger partial charge in [-0.15, -0.1) is 0 Å². The number of benzene rings is 1. The Kier molecular flexibility index (Phi) is 2.26. The highest BCUT2D eigenvalue weighted by molar-refractivity contribution is 5.64. The Balaban J connectivity index is 3.09. The lowest BCUT2D eigenvalue weighted by molar-refractivity contribution is 1.40. The van der Waals surface area contributed by atoms with Gasteiger partial charge < -0.3 is 5.73 Å². The molecule has 0 atom stereocenters. The van der Waals surface area contributed by atoms with Crippen LogP contribution in [0, 0.1) is 6.92 Å². The molecule has 2 heteroatoms. The third-order valence-electron chi connectivity index (χ3n) is 1.49. The first-order chi connectivity index (χ1) is 5.24. The smallest absolute Gasteiger partial charge is 0.0656 e. The summed E-state index contributed by atoms with van der Waals surface area (Å²) < 4.78 is 0. The lowest BCUT2D eigenvalue weighted by Crippen LogP contribution is -1.84. The van der Waals surface area contributed by atoms with E-state index < -0.39 is 0 Å². The highest BCUT2D eigenvalue weighted by Gasteiger charge is 1.93. The molecule has 11 heavy (non-hydrogen) atoms. The number of hydrogen-bond acceptors (Lipinski definition) is 2. The second-order valence-corrected chi connectivity index (χ2v) is 2.43. The quantitative estimate of drug-likeness (QED) is 0.481. The fraction of sp³-hybridized carbons (Fsp3) is 0.222. The van der Waals surface area contributed by atoms with Crippen molar-refractivity contribution in [1.29, 1.82) is 0 Å². The number of aliphatic imine (C=N–C) groups is 1. The Bertz CT molecular complexity index is 277. The zero-order valence-corrected chi connectivity index (χ0v) is 6.83. The Labute approximate surface area is 66.8 Å². The van der Waals surface area contributed by atoms with E-state index in [0.717, 1.165) is 16.9 Å². The second kappa shape index (κ2) is 3.19. The number of aryl methyl sites for hydroxylation is 1. The number of anilines is 1. The molecule has 1 aromatic rings. The predicted molar refractivity (Wildman–Crippen MR) is 49.4 cm³/mol. The summed E-state index contributed by atoms with van der Waals surface area (Å²) in [5.74, 6) is 0. The second-order valence-electron chi connectivity index (χ2n) is 2.43. The molecule has 2 N–H and O–H groups in total. The van der Waals surface area contributed by atoms with Crippen LogP contribution in [0.2, 0.25) is 0 Å². The molecule has 0 bridgehead atoms. The van der Waals surface area contributed by atoms with Crippen molar-refractivity contribution in [2.45, 2.75) is 13.8 Å². The Morgan fingerprint density at radius 2 is 2.18 bits per heavy atom. The monoisotopic (exact) mass is 148 g/mol. The van der Waals surface area contributed by atoms with Crippen molar-refractivity contribution < 1.29 is 0 Å². The first-order valence-corrected chi connectivity index (χ1v) is 3.59. The molecule has 1 rings (SSSR count). The Morgan fingerprint density at radius 3 is 2.73 bits per heavy atom. The van der Waals surface area contributed by atoms with Gasteiger partial charge in [-0.1, -0.05) is 0 Å². The zero-order chi connectivity index (χ0) is 8.27. The van der Waals surface area contributed by atoms with E-state index in [2.05, 4.69) is 4.99 Å². The van der Waals surface area contributed by atoms with Crippen LogP contribution in [0.15, 0.2) is 23.2 Å². The summed E-state index contributed by atoms with van der Waals surface area (Å²) in [7, 11) is 0. The fourth-order valence-electron chi connectivity index (χ4n) is 0.963. The van der Waals surface area contributed by atoms with E-state index in [1.54, 1.807) is 6.21 Å². The molecule has 0 aliphatic rings. The molecule has 0 saturated heterocycles. The van der Waals surface area contributed by atoms with Crippen LogP contribution in [0.25, 0.3) is 0 Å². The normalized spacial score (nSPS) is 10.7. The number of hydrogen-bond donors (Lipinski definition) is 1. The van der Waals surface area contributed by atoms with Gasteiger partial charge in [0, 0.05) is 11.9 Å². The molecule has 0 unspecified atom stereocenters. The van der Waals surface area contributed by atoms with Crippen molar-refractivity contribution in [2.24, 2.45) is 4.99 Å². The van der Waals surface area contributed by atoms with Crippen LogP contribution in [0.3, 0.4) is 0 Å². The summed E-state index contributed by atoms with van der Waals surface area (Å²) in [5, 5.41) is 0. The SMILES string of the molecule is CC=Nc1ccc(N)cc1C. The number of nitrogen functional groups attached to an aromatic ring is 1. The van der Waals surface area contributed by atoms with Gasteiger partial charge in [0.05, 0.1) is 5.69 Å². The fourth-order valence-corrected chi connectivity index (χ4v) is 0.963. The zero-order valence-electron chi connectivity index (χ0n) is 6.83. The van der Waals surface area contributed by atoms with Crippen molar-refractivity contribution in [3.05, 3.63) is 23.8 Å². The van der Waals surface area contributed by atoms with Crippen molar-refractivity contribution in [3.63, 3.8) is 0 Å². The highest BCUT2D eigenvalue weighted by atomic mass is 14.7. The van der Waals surface area contributed by atoms with Gasteiger partial charge in [-0.25, -0.2) is 0 Å². The molecule has 0 amide bonds. The number of rotatable bonds is 1. The molecule has 0 fully saturated rings. The third-order valence-corrected chi connectivity index (χ3v) is 1.49. The Morgan fingerprint density at radius 1 is 1.45 bits per heavy atom. The van der Waals surface area contributed by atoms with Crippen LogP contribution < -0.4 is 5.73 Å². The first-order valence-electron chi connectivity index (χ1n) is 3.59.